The van der Waals surface area contributed by atoms with E-state index in [4.69, 9.17) is 11.5 Å². The van der Waals surface area contributed by atoms with Crippen LogP contribution in [-0.2, 0) is 4.79 Å². The van der Waals surface area contributed by atoms with Crippen LogP contribution in [0.25, 0.3) is 0 Å². The second-order valence-electron chi connectivity index (χ2n) is 5.74. The third-order valence-corrected chi connectivity index (χ3v) is 4.52. The number of nitrogens with two attached hydrogens (primary N) is 2. The number of likely N-dealkylation sites (N-methyl/N-ethyl adjacent to an activating group) is 1. The fourth-order valence-electron chi connectivity index (χ4n) is 2.99. The highest BCUT2D eigenvalue weighted by Gasteiger charge is 2.43. The lowest BCUT2D eigenvalue weighted by molar-refractivity contribution is -0.123. The van der Waals surface area contributed by atoms with Crippen LogP contribution < -0.4 is 11.5 Å². The number of amides is 1. The number of piperazine rings is 1. The molecule has 0 aromatic heterocycles. The molecule has 2 fully saturated rings. The maximum Gasteiger partial charge on any atom is 0.237 e. The summed E-state index contributed by atoms with van der Waals surface area (Å²) in [5.74, 6) is -0.345. The van der Waals surface area contributed by atoms with E-state index in [1.54, 1.807) is 0 Å². The molecule has 5 heteroatoms. The van der Waals surface area contributed by atoms with Crippen molar-refractivity contribution in [1.29, 1.82) is 0 Å². The minimum Gasteiger partial charge on any atom is -0.368 e. The van der Waals surface area contributed by atoms with E-state index in [1.165, 1.54) is 0 Å². The molecule has 4 N–H and O–H groups in total. The SMILES string of the molecule is CC1CN(C2CCC(N)(C(N)=O)C2)CCN1C. The molecule has 0 aromatic carbocycles. The number of carbonyl (C=O) groups excluding carboxylic acids is 1. The molecule has 1 saturated carbocycles. The molecule has 1 saturated heterocycles. The van der Waals surface area contributed by atoms with Crippen molar-refractivity contribution in [3.8, 4) is 0 Å². The smallest absolute Gasteiger partial charge is 0.237 e. The largest absolute Gasteiger partial charge is 0.368 e. The Kier molecular flexibility index (Phi) is 3.43. The van der Waals surface area contributed by atoms with Crippen LogP contribution >= 0.6 is 0 Å². The average Bonchev–Trinajstić information content (AvgIpc) is 2.67. The average molecular weight is 240 g/mol. The van der Waals surface area contributed by atoms with Gasteiger partial charge in [0.2, 0.25) is 5.91 Å². The highest BCUT2D eigenvalue weighted by Crippen LogP contribution is 2.32. The van der Waals surface area contributed by atoms with Crippen LogP contribution in [-0.4, -0.2) is 60.0 Å². The number of rotatable bonds is 2. The maximum absolute atomic E-state index is 11.3. The first-order chi connectivity index (χ1) is 7.92. The van der Waals surface area contributed by atoms with E-state index in [2.05, 4.69) is 23.8 Å². The highest BCUT2D eigenvalue weighted by molar-refractivity contribution is 5.84. The standard InChI is InChI=1S/C12H24N4O/c1-9-8-16(6-5-15(9)2)10-3-4-12(14,7-10)11(13)17/h9-10H,3-8,14H2,1-2H3,(H2,13,17). The van der Waals surface area contributed by atoms with Gasteiger partial charge in [0, 0.05) is 31.7 Å². The predicted octanol–water partition coefficient (Wildman–Crippen LogP) is -0.642. The van der Waals surface area contributed by atoms with Crippen LogP contribution in [0.5, 0.6) is 0 Å². The number of nitrogens with zero attached hydrogens (tertiary/aromatic N) is 2. The summed E-state index contributed by atoms with van der Waals surface area (Å²) in [6, 6.07) is 1.01. The summed E-state index contributed by atoms with van der Waals surface area (Å²) >= 11 is 0. The molecule has 0 radical (unpaired) electrons. The fourth-order valence-corrected chi connectivity index (χ4v) is 2.99. The predicted molar refractivity (Wildman–Crippen MR) is 67.4 cm³/mol. The number of primary amides is 1. The van der Waals surface area contributed by atoms with Gasteiger partial charge in [-0.05, 0) is 33.2 Å². The second-order valence-corrected chi connectivity index (χ2v) is 5.74. The zero-order chi connectivity index (χ0) is 12.6. The first-order valence-corrected chi connectivity index (χ1v) is 6.45. The van der Waals surface area contributed by atoms with E-state index in [0.717, 1.165) is 38.9 Å². The molecule has 1 aliphatic heterocycles. The van der Waals surface area contributed by atoms with Crippen molar-refractivity contribution in [2.45, 2.75) is 43.8 Å². The van der Waals surface area contributed by atoms with E-state index in [1.807, 2.05) is 0 Å². The van der Waals surface area contributed by atoms with Crippen LogP contribution in [0.4, 0.5) is 0 Å². The Morgan fingerprint density at radius 1 is 1.41 bits per heavy atom. The van der Waals surface area contributed by atoms with E-state index >= 15 is 0 Å². The molecule has 0 bridgehead atoms. The Labute approximate surface area is 103 Å². The summed E-state index contributed by atoms with van der Waals surface area (Å²) in [4.78, 5) is 16.2. The zero-order valence-corrected chi connectivity index (χ0v) is 10.9. The van der Waals surface area contributed by atoms with Crippen LogP contribution in [0.15, 0.2) is 0 Å². The summed E-state index contributed by atoms with van der Waals surface area (Å²) < 4.78 is 0. The van der Waals surface area contributed by atoms with Crippen molar-refractivity contribution in [2.75, 3.05) is 26.7 Å². The van der Waals surface area contributed by atoms with E-state index in [-0.39, 0.29) is 5.91 Å². The Morgan fingerprint density at radius 2 is 2.12 bits per heavy atom. The maximum atomic E-state index is 11.3. The molecular formula is C12H24N4O. The number of hydrogen-bond donors (Lipinski definition) is 2. The van der Waals surface area contributed by atoms with Gasteiger partial charge in [0.15, 0.2) is 0 Å². The Bertz CT molecular complexity index is 309. The van der Waals surface area contributed by atoms with Crippen molar-refractivity contribution in [3.63, 3.8) is 0 Å². The third kappa shape index (κ3) is 2.46. The monoisotopic (exact) mass is 240 g/mol. The van der Waals surface area contributed by atoms with Gasteiger partial charge >= 0.3 is 0 Å². The Balaban J connectivity index is 1.95. The molecule has 1 amide bonds. The normalized spacial score (nSPS) is 40.6. The van der Waals surface area contributed by atoms with Crippen molar-refractivity contribution < 1.29 is 4.79 Å². The summed E-state index contributed by atoms with van der Waals surface area (Å²) in [5, 5.41) is 0. The van der Waals surface area contributed by atoms with Gasteiger partial charge in [0.1, 0.15) is 0 Å². The van der Waals surface area contributed by atoms with Gasteiger partial charge in [0.05, 0.1) is 5.54 Å². The van der Waals surface area contributed by atoms with Crippen molar-refractivity contribution >= 4 is 5.91 Å². The molecule has 1 heterocycles. The molecule has 98 valence electrons. The Hall–Kier alpha value is -0.650. The lowest BCUT2D eigenvalue weighted by Gasteiger charge is -2.41. The fraction of sp³-hybridized carbons (Fsp3) is 0.917. The topological polar surface area (TPSA) is 75.6 Å². The molecule has 1 aliphatic carbocycles. The van der Waals surface area contributed by atoms with Gasteiger partial charge in [-0.2, -0.15) is 0 Å². The molecule has 3 atom stereocenters. The Morgan fingerprint density at radius 3 is 2.65 bits per heavy atom. The summed E-state index contributed by atoms with van der Waals surface area (Å²) in [6.45, 7) is 5.47. The minimum absolute atomic E-state index is 0.345. The van der Waals surface area contributed by atoms with Gasteiger partial charge in [-0.3, -0.25) is 9.69 Å². The van der Waals surface area contributed by atoms with Crippen molar-refractivity contribution in [3.05, 3.63) is 0 Å². The van der Waals surface area contributed by atoms with Gasteiger partial charge in [-0.25, -0.2) is 0 Å². The van der Waals surface area contributed by atoms with Gasteiger partial charge in [-0.1, -0.05) is 0 Å². The van der Waals surface area contributed by atoms with E-state index in [0.29, 0.717) is 12.1 Å². The third-order valence-electron chi connectivity index (χ3n) is 4.52. The quantitative estimate of drug-likeness (QED) is 0.673. The lowest BCUT2D eigenvalue weighted by Crippen LogP contribution is -2.55. The molecule has 2 aliphatic rings. The highest BCUT2D eigenvalue weighted by atomic mass is 16.1. The molecule has 5 nitrogen and oxygen atoms in total. The van der Waals surface area contributed by atoms with Gasteiger partial charge in [0.25, 0.3) is 0 Å². The molecule has 0 aromatic rings. The first kappa shape index (κ1) is 12.8. The number of carbonyl (C=O) groups is 1. The first-order valence-electron chi connectivity index (χ1n) is 6.45. The van der Waals surface area contributed by atoms with Gasteiger partial charge < -0.3 is 16.4 Å². The van der Waals surface area contributed by atoms with Gasteiger partial charge in [-0.15, -0.1) is 0 Å². The van der Waals surface area contributed by atoms with Crippen LogP contribution in [0.3, 0.4) is 0 Å². The zero-order valence-electron chi connectivity index (χ0n) is 10.9. The van der Waals surface area contributed by atoms with E-state index in [9.17, 15) is 4.79 Å². The van der Waals surface area contributed by atoms with Crippen molar-refractivity contribution in [1.82, 2.24) is 9.80 Å². The number of hydrogen-bond acceptors (Lipinski definition) is 4. The summed E-state index contributed by atoms with van der Waals surface area (Å²) in [6.07, 6.45) is 2.45. The second kappa shape index (κ2) is 4.55. The summed E-state index contributed by atoms with van der Waals surface area (Å²) in [5.41, 5.74) is 10.7. The molecule has 2 rings (SSSR count). The molecule has 3 unspecified atom stereocenters. The molecular weight excluding hydrogens is 216 g/mol. The lowest BCUT2D eigenvalue weighted by atomic mass is 9.98. The van der Waals surface area contributed by atoms with Crippen molar-refractivity contribution in [2.24, 2.45) is 11.5 Å². The molecule has 17 heavy (non-hydrogen) atoms. The molecule has 0 spiro atoms. The van der Waals surface area contributed by atoms with Crippen LogP contribution in [0, 0.1) is 0 Å². The van der Waals surface area contributed by atoms with E-state index < -0.39 is 5.54 Å². The van der Waals surface area contributed by atoms with Crippen LogP contribution in [0.1, 0.15) is 26.2 Å². The van der Waals surface area contributed by atoms with Crippen LogP contribution in [0.2, 0.25) is 0 Å². The minimum atomic E-state index is -0.767. The summed E-state index contributed by atoms with van der Waals surface area (Å²) in [7, 11) is 2.16.